The van der Waals surface area contributed by atoms with E-state index < -0.39 is 0 Å². The van der Waals surface area contributed by atoms with Gasteiger partial charge in [0.15, 0.2) is 0 Å². The summed E-state index contributed by atoms with van der Waals surface area (Å²) < 4.78 is 0. The van der Waals surface area contributed by atoms with Gasteiger partial charge in [0.2, 0.25) is 5.12 Å². The Kier molecular flexibility index (Phi) is 4.05. The lowest BCUT2D eigenvalue weighted by Crippen LogP contribution is -2.45. The lowest BCUT2D eigenvalue weighted by atomic mass is 10.3. The number of nitrogens with zero attached hydrogens (tertiary/aromatic N) is 2. The fraction of sp³-hybridized carbons (Fsp3) is 0.875. The van der Waals surface area contributed by atoms with Crippen molar-refractivity contribution < 1.29 is 4.79 Å². The molecular weight excluding hydrogens is 172 g/mol. The fourth-order valence-electron chi connectivity index (χ4n) is 1.25. The normalized spacial score (nSPS) is 21.2. The van der Waals surface area contributed by atoms with E-state index in [0.29, 0.717) is 6.54 Å². The van der Waals surface area contributed by atoms with Crippen LogP contribution < -0.4 is 0 Å². The van der Waals surface area contributed by atoms with E-state index in [2.05, 4.69) is 16.8 Å². The number of thioether (sulfide) groups is 1. The van der Waals surface area contributed by atoms with Gasteiger partial charge in [0, 0.05) is 26.2 Å². The SMILES string of the molecule is CSC(=O)CN1CCN(C)CC1. The van der Waals surface area contributed by atoms with Gasteiger partial charge in [0.25, 0.3) is 0 Å². The number of hydrogen-bond donors (Lipinski definition) is 0. The minimum Gasteiger partial charge on any atom is -0.304 e. The summed E-state index contributed by atoms with van der Waals surface area (Å²) in [7, 11) is 2.12. The van der Waals surface area contributed by atoms with E-state index >= 15 is 0 Å². The van der Waals surface area contributed by atoms with E-state index in [1.807, 2.05) is 6.26 Å². The molecule has 1 heterocycles. The van der Waals surface area contributed by atoms with Gasteiger partial charge in [-0.1, -0.05) is 11.8 Å². The van der Waals surface area contributed by atoms with Crippen molar-refractivity contribution >= 4 is 16.9 Å². The average Bonchev–Trinajstić information content (AvgIpc) is 2.09. The quantitative estimate of drug-likeness (QED) is 0.614. The third-order valence-corrected chi connectivity index (χ3v) is 2.76. The highest BCUT2D eigenvalue weighted by Crippen LogP contribution is 2.02. The predicted molar refractivity (Wildman–Crippen MR) is 52.5 cm³/mol. The molecule has 0 aliphatic carbocycles. The second-order valence-electron chi connectivity index (χ2n) is 3.16. The van der Waals surface area contributed by atoms with Crippen molar-refractivity contribution in [3.8, 4) is 0 Å². The molecule has 3 nitrogen and oxygen atoms in total. The first-order valence-electron chi connectivity index (χ1n) is 4.20. The Balaban J connectivity index is 2.21. The highest BCUT2D eigenvalue weighted by atomic mass is 32.2. The largest absolute Gasteiger partial charge is 0.304 e. The van der Waals surface area contributed by atoms with Crippen LogP contribution in [0.4, 0.5) is 0 Å². The van der Waals surface area contributed by atoms with E-state index in [1.165, 1.54) is 11.8 Å². The van der Waals surface area contributed by atoms with Crippen LogP contribution >= 0.6 is 11.8 Å². The van der Waals surface area contributed by atoms with Gasteiger partial charge >= 0.3 is 0 Å². The predicted octanol–water partition coefficient (Wildman–Crippen LogP) is 0.123. The molecule has 0 amide bonds. The zero-order valence-corrected chi connectivity index (χ0v) is 8.56. The van der Waals surface area contributed by atoms with Gasteiger partial charge in [0.1, 0.15) is 0 Å². The molecular formula is C8H16N2OS. The smallest absolute Gasteiger partial charge is 0.202 e. The lowest BCUT2D eigenvalue weighted by molar-refractivity contribution is -0.112. The van der Waals surface area contributed by atoms with Crippen molar-refractivity contribution in [2.24, 2.45) is 0 Å². The standard InChI is InChI=1S/C8H16N2OS/c1-9-3-5-10(6-4-9)7-8(11)12-2/h3-7H2,1-2H3. The number of likely N-dealkylation sites (N-methyl/N-ethyl adjacent to an activating group) is 1. The molecule has 12 heavy (non-hydrogen) atoms. The monoisotopic (exact) mass is 188 g/mol. The van der Waals surface area contributed by atoms with Crippen molar-refractivity contribution in [2.75, 3.05) is 46.0 Å². The van der Waals surface area contributed by atoms with Crippen molar-refractivity contribution in [1.29, 1.82) is 0 Å². The summed E-state index contributed by atoms with van der Waals surface area (Å²) in [5.74, 6) is 0. The Labute approximate surface area is 78.1 Å². The molecule has 1 aliphatic rings. The van der Waals surface area contributed by atoms with Crippen LogP contribution in [-0.2, 0) is 4.79 Å². The van der Waals surface area contributed by atoms with E-state index in [4.69, 9.17) is 0 Å². The zero-order valence-electron chi connectivity index (χ0n) is 7.75. The van der Waals surface area contributed by atoms with Crippen LogP contribution in [0.5, 0.6) is 0 Å². The molecule has 0 unspecified atom stereocenters. The maximum absolute atomic E-state index is 11.1. The molecule has 0 bridgehead atoms. The molecule has 1 aliphatic heterocycles. The Morgan fingerprint density at radius 3 is 2.42 bits per heavy atom. The zero-order chi connectivity index (χ0) is 8.97. The molecule has 0 spiro atoms. The van der Waals surface area contributed by atoms with Gasteiger partial charge < -0.3 is 4.90 Å². The number of piperazine rings is 1. The van der Waals surface area contributed by atoms with Gasteiger partial charge in [-0.05, 0) is 13.3 Å². The first-order chi connectivity index (χ1) is 5.72. The van der Waals surface area contributed by atoms with Crippen LogP contribution in [0.1, 0.15) is 0 Å². The van der Waals surface area contributed by atoms with Gasteiger partial charge in [-0.3, -0.25) is 9.69 Å². The van der Waals surface area contributed by atoms with Gasteiger partial charge in [-0.2, -0.15) is 0 Å². The minimum absolute atomic E-state index is 0.277. The highest BCUT2D eigenvalue weighted by molar-refractivity contribution is 8.13. The molecule has 1 fully saturated rings. The topological polar surface area (TPSA) is 23.6 Å². The second kappa shape index (κ2) is 4.84. The Morgan fingerprint density at radius 2 is 1.92 bits per heavy atom. The minimum atomic E-state index is 0.277. The van der Waals surface area contributed by atoms with E-state index in [9.17, 15) is 4.79 Å². The molecule has 0 aromatic rings. The third-order valence-electron chi connectivity index (χ3n) is 2.18. The molecule has 0 aromatic carbocycles. The molecule has 0 N–H and O–H groups in total. The highest BCUT2D eigenvalue weighted by Gasteiger charge is 2.15. The number of carbonyl (C=O) groups is 1. The van der Waals surface area contributed by atoms with E-state index in [1.54, 1.807) is 0 Å². The maximum atomic E-state index is 11.1. The molecule has 0 atom stereocenters. The molecule has 0 radical (unpaired) electrons. The Morgan fingerprint density at radius 1 is 1.33 bits per heavy atom. The summed E-state index contributed by atoms with van der Waals surface area (Å²) >= 11 is 1.33. The van der Waals surface area contributed by atoms with Crippen molar-refractivity contribution in [3.63, 3.8) is 0 Å². The van der Waals surface area contributed by atoms with Crippen molar-refractivity contribution in [1.82, 2.24) is 9.80 Å². The van der Waals surface area contributed by atoms with Crippen LogP contribution in [0.3, 0.4) is 0 Å². The van der Waals surface area contributed by atoms with Gasteiger partial charge in [-0.25, -0.2) is 0 Å². The van der Waals surface area contributed by atoms with Crippen LogP contribution in [0.15, 0.2) is 0 Å². The summed E-state index contributed by atoms with van der Waals surface area (Å²) in [5, 5.41) is 0.277. The van der Waals surface area contributed by atoms with E-state index in [-0.39, 0.29) is 5.12 Å². The molecule has 0 aromatic heterocycles. The first-order valence-corrected chi connectivity index (χ1v) is 5.42. The fourth-order valence-corrected chi connectivity index (χ4v) is 1.56. The lowest BCUT2D eigenvalue weighted by Gasteiger charge is -2.31. The van der Waals surface area contributed by atoms with Crippen LogP contribution in [0.25, 0.3) is 0 Å². The maximum Gasteiger partial charge on any atom is 0.202 e. The molecule has 1 saturated heterocycles. The summed E-state index contributed by atoms with van der Waals surface area (Å²) in [5.41, 5.74) is 0. The van der Waals surface area contributed by atoms with Gasteiger partial charge in [-0.15, -0.1) is 0 Å². The van der Waals surface area contributed by atoms with Crippen LogP contribution in [-0.4, -0.2) is 60.9 Å². The second-order valence-corrected chi connectivity index (χ2v) is 4.02. The van der Waals surface area contributed by atoms with Crippen LogP contribution in [0, 0.1) is 0 Å². The molecule has 4 heteroatoms. The summed E-state index contributed by atoms with van der Waals surface area (Å²) in [4.78, 5) is 15.6. The third kappa shape index (κ3) is 3.13. The summed E-state index contributed by atoms with van der Waals surface area (Å²) in [6.45, 7) is 4.85. The summed E-state index contributed by atoms with van der Waals surface area (Å²) in [6, 6.07) is 0. The average molecular weight is 188 g/mol. The number of carbonyl (C=O) groups excluding carboxylic acids is 1. The van der Waals surface area contributed by atoms with Gasteiger partial charge in [0.05, 0.1) is 6.54 Å². The number of hydrogen-bond acceptors (Lipinski definition) is 4. The molecule has 0 saturated carbocycles. The molecule has 70 valence electrons. The Bertz CT molecular complexity index is 155. The summed E-state index contributed by atoms with van der Waals surface area (Å²) in [6.07, 6.45) is 1.85. The van der Waals surface area contributed by atoms with E-state index in [0.717, 1.165) is 26.2 Å². The van der Waals surface area contributed by atoms with Crippen molar-refractivity contribution in [3.05, 3.63) is 0 Å². The Hall–Kier alpha value is -0.0600. The van der Waals surface area contributed by atoms with Crippen molar-refractivity contribution in [2.45, 2.75) is 0 Å². The number of rotatable bonds is 2. The van der Waals surface area contributed by atoms with Crippen LogP contribution in [0.2, 0.25) is 0 Å². The first kappa shape index (κ1) is 10.0. The molecule has 1 rings (SSSR count).